The maximum atomic E-state index is 11.5. The Balaban J connectivity index is 0. The Bertz CT molecular complexity index is 143. The molecular weight excluding hydrogens is 295 g/mol. The predicted octanol–water partition coefficient (Wildman–Crippen LogP) is 3.09. The molecule has 0 aliphatic rings. The zero-order chi connectivity index (χ0) is 11.7. The van der Waals surface area contributed by atoms with Gasteiger partial charge >= 0.3 is 30.0 Å². The molecule has 1 amide bonds. The van der Waals surface area contributed by atoms with Crippen molar-refractivity contribution in [3.63, 3.8) is 0 Å². The van der Waals surface area contributed by atoms with Crippen LogP contribution in [0, 0.1) is 6.42 Å². The van der Waals surface area contributed by atoms with Crippen molar-refractivity contribution < 1.29 is 21.1 Å². The number of carbonyl (C=O) groups excluding carboxylic acids is 1. The van der Waals surface area contributed by atoms with Crippen molar-refractivity contribution in [2.75, 3.05) is 0 Å². The van der Waals surface area contributed by atoms with E-state index >= 15 is 0 Å². The summed E-state index contributed by atoms with van der Waals surface area (Å²) in [6, 6.07) is 0.584. The molecule has 0 aliphatic heterocycles. The minimum absolute atomic E-state index is 0.155. The van der Waals surface area contributed by atoms with Crippen LogP contribution >= 0.6 is 13.6 Å². The van der Waals surface area contributed by atoms with E-state index in [1.165, 1.54) is 16.3 Å². The van der Waals surface area contributed by atoms with Gasteiger partial charge in [-0.25, -0.2) is 0 Å². The molecule has 80 valence electrons. The molecule has 0 rings (SSSR count). The summed E-state index contributed by atoms with van der Waals surface area (Å²) in [7, 11) is 0. The van der Waals surface area contributed by atoms with Gasteiger partial charge in [-0.15, -0.1) is 0 Å². The monoisotopic (exact) mass is 313 g/mol. The molecule has 0 bridgehead atoms. The van der Waals surface area contributed by atoms with E-state index in [9.17, 15) is 4.79 Å². The van der Waals surface area contributed by atoms with Gasteiger partial charge in [0.1, 0.15) is 0 Å². The van der Waals surface area contributed by atoms with Gasteiger partial charge in [-0.2, -0.15) is 6.42 Å². The number of hydrogen-bond acceptors (Lipinski definition) is 1. The Labute approximate surface area is 105 Å². The standard InChI is InChI=1S/C10H20NO.BrH.Zn/c1-6-7-10(12)11(8(2)3)9(4)5;;/h7-9H,6H2,1-5H3;1H;/q-1;;+2/p-1. The molecule has 0 aliphatic carbocycles. The fourth-order valence-corrected chi connectivity index (χ4v) is 1.39. The van der Waals surface area contributed by atoms with E-state index in [1.807, 2.05) is 39.5 Å². The second-order valence-corrected chi connectivity index (χ2v) is 3.55. The average molecular weight is 316 g/mol. The second-order valence-electron chi connectivity index (χ2n) is 3.55. The van der Waals surface area contributed by atoms with E-state index in [4.69, 9.17) is 0 Å². The normalized spacial score (nSPS) is 9.57. The minimum atomic E-state index is 0.155. The molecule has 0 aromatic rings. The van der Waals surface area contributed by atoms with Crippen LogP contribution in [0.1, 0.15) is 41.0 Å². The quantitative estimate of drug-likeness (QED) is 0.577. The van der Waals surface area contributed by atoms with Gasteiger partial charge in [0, 0.05) is 12.1 Å². The third kappa shape index (κ3) is 6.83. The van der Waals surface area contributed by atoms with Gasteiger partial charge in [0.2, 0.25) is 0 Å². The fraction of sp³-hybridized carbons (Fsp3) is 0.800. The summed E-state index contributed by atoms with van der Waals surface area (Å²) in [6.07, 6.45) is 2.55. The summed E-state index contributed by atoms with van der Waals surface area (Å²) in [5, 5.41) is 0. The molecule has 0 heterocycles. The van der Waals surface area contributed by atoms with Crippen LogP contribution in [-0.4, -0.2) is 22.9 Å². The molecule has 0 radical (unpaired) electrons. The average Bonchev–Trinajstić information content (AvgIpc) is 2.06. The Morgan fingerprint density at radius 2 is 1.64 bits per heavy atom. The van der Waals surface area contributed by atoms with Crippen molar-refractivity contribution in [3.05, 3.63) is 6.42 Å². The van der Waals surface area contributed by atoms with Crippen LogP contribution in [0.25, 0.3) is 0 Å². The maximum absolute atomic E-state index is 11.5. The molecule has 4 heteroatoms. The van der Waals surface area contributed by atoms with Crippen molar-refractivity contribution in [1.29, 1.82) is 0 Å². The van der Waals surface area contributed by atoms with E-state index in [1.54, 1.807) is 6.42 Å². The van der Waals surface area contributed by atoms with Crippen molar-refractivity contribution in [3.8, 4) is 0 Å². The van der Waals surface area contributed by atoms with E-state index < -0.39 is 0 Å². The summed E-state index contributed by atoms with van der Waals surface area (Å²) < 4.78 is 0. The SMILES string of the molecule is CC[CH-]C(=O)N(C(C)C)C(C)C.[Zn+][Br]. The van der Waals surface area contributed by atoms with E-state index in [0.29, 0.717) is 12.1 Å². The van der Waals surface area contributed by atoms with E-state index in [-0.39, 0.29) is 5.91 Å². The van der Waals surface area contributed by atoms with Crippen LogP contribution in [0.15, 0.2) is 0 Å². The Kier molecular flexibility index (Phi) is 12.0. The Morgan fingerprint density at radius 1 is 1.29 bits per heavy atom. The van der Waals surface area contributed by atoms with Gasteiger partial charge in [-0.05, 0) is 27.7 Å². The van der Waals surface area contributed by atoms with Crippen LogP contribution in [0.4, 0.5) is 0 Å². The first kappa shape index (κ1) is 16.9. The molecular formula is C10H20BrNOZn. The predicted molar refractivity (Wildman–Crippen MR) is 60.6 cm³/mol. The second kappa shape index (κ2) is 9.98. The molecule has 14 heavy (non-hydrogen) atoms. The molecule has 0 aromatic heterocycles. The fourth-order valence-electron chi connectivity index (χ4n) is 1.39. The van der Waals surface area contributed by atoms with E-state index in [2.05, 4.69) is 13.6 Å². The Hall–Kier alpha value is 0.443. The molecule has 2 nitrogen and oxygen atoms in total. The summed E-state index contributed by atoms with van der Waals surface area (Å²) >= 11 is 4.25. The Morgan fingerprint density at radius 3 is 1.86 bits per heavy atom. The van der Waals surface area contributed by atoms with Crippen LogP contribution in [-0.2, 0) is 21.1 Å². The number of amides is 1. The molecule has 0 unspecified atom stereocenters. The molecule has 0 saturated carbocycles. The molecule has 0 atom stereocenters. The van der Waals surface area contributed by atoms with E-state index in [0.717, 1.165) is 6.42 Å². The van der Waals surface area contributed by atoms with Crippen LogP contribution < -0.4 is 0 Å². The van der Waals surface area contributed by atoms with Crippen molar-refractivity contribution in [2.24, 2.45) is 0 Å². The molecule has 0 N–H and O–H groups in total. The summed E-state index contributed by atoms with van der Waals surface area (Å²) in [6.45, 7) is 10.2. The van der Waals surface area contributed by atoms with Crippen molar-refractivity contribution in [2.45, 2.75) is 53.1 Å². The third-order valence-electron chi connectivity index (χ3n) is 1.75. The van der Waals surface area contributed by atoms with Gasteiger partial charge in [-0.3, -0.25) is 0 Å². The van der Waals surface area contributed by atoms with Gasteiger partial charge in [0.05, 0.1) is 5.91 Å². The number of nitrogens with zero attached hydrogens (tertiary/aromatic N) is 1. The first-order valence-electron chi connectivity index (χ1n) is 4.92. The van der Waals surface area contributed by atoms with Crippen LogP contribution in [0.3, 0.4) is 0 Å². The number of rotatable bonds is 4. The zero-order valence-electron chi connectivity index (χ0n) is 9.88. The number of carbonyl (C=O) groups is 1. The van der Waals surface area contributed by atoms with Crippen molar-refractivity contribution in [1.82, 2.24) is 4.90 Å². The number of halogens is 1. The molecule has 0 fully saturated rings. The van der Waals surface area contributed by atoms with Gasteiger partial charge in [0.15, 0.2) is 0 Å². The topological polar surface area (TPSA) is 20.3 Å². The first-order valence-corrected chi connectivity index (χ1v) is 11.9. The van der Waals surface area contributed by atoms with Gasteiger partial charge in [-0.1, -0.05) is 6.92 Å². The van der Waals surface area contributed by atoms with Crippen LogP contribution in [0.2, 0.25) is 0 Å². The van der Waals surface area contributed by atoms with Gasteiger partial charge in [0.25, 0.3) is 0 Å². The molecule has 0 saturated heterocycles. The van der Waals surface area contributed by atoms with Crippen LogP contribution in [0.5, 0.6) is 0 Å². The molecule has 0 spiro atoms. The zero-order valence-corrected chi connectivity index (χ0v) is 14.4. The van der Waals surface area contributed by atoms with Crippen molar-refractivity contribution >= 4 is 19.5 Å². The number of hydrogen-bond donors (Lipinski definition) is 0. The van der Waals surface area contributed by atoms with Gasteiger partial charge < -0.3 is 16.1 Å². The summed E-state index contributed by atoms with van der Waals surface area (Å²) in [5.74, 6) is 0.155. The summed E-state index contributed by atoms with van der Waals surface area (Å²) in [4.78, 5) is 13.4. The summed E-state index contributed by atoms with van der Waals surface area (Å²) in [5.41, 5.74) is 0. The molecule has 0 aromatic carbocycles. The third-order valence-corrected chi connectivity index (χ3v) is 1.75. The first-order chi connectivity index (χ1) is 6.50.